The van der Waals surface area contributed by atoms with Gasteiger partial charge in [-0.05, 0) is 87.0 Å². The number of carbonyl (C=O) groups excluding carboxylic acids is 2. The van der Waals surface area contributed by atoms with Gasteiger partial charge in [-0.1, -0.05) is 44.2 Å². The van der Waals surface area contributed by atoms with E-state index in [1.165, 1.54) is 16.9 Å². The Labute approximate surface area is 235 Å². The largest absolute Gasteiger partial charge is 0.343 e. The molecular formula is C30H40N6O2S. The predicted molar refractivity (Wildman–Crippen MR) is 156 cm³/mol. The first-order chi connectivity index (χ1) is 18.5. The Balaban J connectivity index is 1.36. The fourth-order valence-corrected chi connectivity index (χ4v) is 6.37. The fraction of sp³-hybridized carbons (Fsp3) is 0.533. The van der Waals surface area contributed by atoms with Crippen LogP contribution in [0.2, 0.25) is 0 Å². The van der Waals surface area contributed by atoms with Crippen molar-refractivity contribution in [1.29, 1.82) is 0 Å². The van der Waals surface area contributed by atoms with Gasteiger partial charge in [0.2, 0.25) is 0 Å². The van der Waals surface area contributed by atoms with Crippen LogP contribution < -0.4 is 11.1 Å². The van der Waals surface area contributed by atoms with Crippen molar-refractivity contribution >= 4 is 33.5 Å². The predicted octanol–water partition coefficient (Wildman–Crippen LogP) is 4.05. The van der Waals surface area contributed by atoms with E-state index in [1.807, 2.05) is 38.4 Å². The zero-order valence-corrected chi connectivity index (χ0v) is 24.5. The first-order valence-electron chi connectivity index (χ1n) is 13.9. The maximum atomic E-state index is 13.5. The lowest BCUT2D eigenvalue weighted by molar-refractivity contribution is 0.0608. The average molecular weight is 549 g/mol. The second kappa shape index (κ2) is 10.9. The lowest BCUT2D eigenvalue weighted by atomic mass is 9.71. The zero-order valence-electron chi connectivity index (χ0n) is 23.7. The molecule has 2 amide bonds. The molecule has 9 heteroatoms. The number of aromatic nitrogens is 2. The van der Waals surface area contributed by atoms with E-state index in [9.17, 15) is 9.59 Å². The monoisotopic (exact) mass is 548 g/mol. The van der Waals surface area contributed by atoms with Crippen LogP contribution in [0.15, 0.2) is 30.3 Å². The molecule has 39 heavy (non-hydrogen) atoms. The summed E-state index contributed by atoms with van der Waals surface area (Å²) in [6.45, 7) is 8.86. The fourth-order valence-electron chi connectivity index (χ4n) is 5.53. The molecule has 1 unspecified atom stereocenters. The minimum absolute atomic E-state index is 0.0221. The third-order valence-electron chi connectivity index (χ3n) is 8.07. The average Bonchev–Trinajstić information content (AvgIpc) is 3.29. The minimum Gasteiger partial charge on any atom is -0.343 e. The van der Waals surface area contributed by atoms with Crippen LogP contribution in [0, 0.1) is 11.3 Å². The molecule has 3 N–H and O–H groups in total. The van der Waals surface area contributed by atoms with Crippen molar-refractivity contribution in [2.75, 3.05) is 33.7 Å². The van der Waals surface area contributed by atoms with Crippen LogP contribution in [-0.2, 0) is 12.8 Å². The van der Waals surface area contributed by atoms with Gasteiger partial charge in [-0.25, -0.2) is 9.97 Å². The summed E-state index contributed by atoms with van der Waals surface area (Å²) in [4.78, 5) is 40.7. The van der Waals surface area contributed by atoms with Crippen molar-refractivity contribution in [3.05, 3.63) is 57.7 Å². The van der Waals surface area contributed by atoms with Gasteiger partial charge in [-0.2, -0.15) is 0 Å². The van der Waals surface area contributed by atoms with Gasteiger partial charge >= 0.3 is 0 Å². The number of pyridine rings is 1. The Morgan fingerprint density at radius 1 is 1.21 bits per heavy atom. The molecule has 2 atom stereocenters. The number of nitrogens with one attached hydrogen (secondary N) is 1. The van der Waals surface area contributed by atoms with Gasteiger partial charge < -0.3 is 20.9 Å². The molecule has 8 nitrogen and oxygen atoms in total. The van der Waals surface area contributed by atoms with Crippen LogP contribution in [0.5, 0.6) is 0 Å². The number of rotatable bonds is 7. The summed E-state index contributed by atoms with van der Waals surface area (Å²) in [6.07, 6.45) is 3.82. The standard InChI is InChI=1S/C30H40N6O2S/c1-30(2,3)21-9-10-23-20(14-21)15-25-27(33-23)39-28(34-25)26(37)32-24(11-12-35(4)5)18-7-6-8-19(13-18)29(38)36-16-22(31)17-36/h6-8,13,15,21-22,24H,9-12,14,16-17,31H2,1-5H3,(H,32,37)/t21-,24?/m0/s1. The molecule has 0 saturated carbocycles. The van der Waals surface area contributed by atoms with Gasteiger partial charge in [0.15, 0.2) is 5.01 Å². The first kappa shape index (κ1) is 27.7. The summed E-state index contributed by atoms with van der Waals surface area (Å²) in [7, 11) is 4.02. The molecule has 0 bridgehead atoms. The van der Waals surface area contributed by atoms with E-state index in [-0.39, 0.29) is 29.3 Å². The summed E-state index contributed by atoms with van der Waals surface area (Å²) >= 11 is 1.35. The van der Waals surface area contributed by atoms with Gasteiger partial charge in [0.05, 0.1) is 6.04 Å². The van der Waals surface area contributed by atoms with Gasteiger partial charge in [0.1, 0.15) is 10.3 Å². The normalized spacial score (nSPS) is 18.6. The summed E-state index contributed by atoms with van der Waals surface area (Å²) in [5.74, 6) is 0.382. The van der Waals surface area contributed by atoms with Crippen molar-refractivity contribution in [2.45, 2.75) is 58.5 Å². The van der Waals surface area contributed by atoms with Crippen molar-refractivity contribution in [2.24, 2.45) is 17.1 Å². The molecule has 1 aliphatic carbocycles. The van der Waals surface area contributed by atoms with E-state index in [0.29, 0.717) is 36.0 Å². The Morgan fingerprint density at radius 3 is 2.67 bits per heavy atom. The number of benzene rings is 1. The number of nitrogens with zero attached hydrogens (tertiary/aromatic N) is 4. The molecule has 2 aromatic heterocycles. The lowest BCUT2D eigenvalue weighted by Gasteiger charge is -2.37. The van der Waals surface area contributed by atoms with Crippen LogP contribution in [0.1, 0.15) is 76.6 Å². The number of amides is 2. The minimum atomic E-state index is -0.257. The number of hydrogen-bond acceptors (Lipinski definition) is 7. The molecule has 0 radical (unpaired) electrons. The lowest BCUT2D eigenvalue weighted by Crippen LogP contribution is -2.57. The number of nitrogens with two attached hydrogens (primary N) is 1. The Kier molecular flexibility index (Phi) is 7.77. The Bertz CT molecular complexity index is 1370. The molecule has 3 aromatic rings. The molecule has 3 heterocycles. The SMILES string of the molecule is CN(C)CCC(NC(=O)c1nc2cc3c(nc2s1)CC[C@H](C(C)(C)C)C3)c1cccc(C(=O)N2CC(N)C2)c1. The van der Waals surface area contributed by atoms with E-state index in [0.717, 1.165) is 47.4 Å². The second-order valence-corrected chi connectivity index (χ2v) is 13.4. The number of thiazole rings is 1. The van der Waals surface area contributed by atoms with Crippen LogP contribution in [0.25, 0.3) is 10.3 Å². The maximum absolute atomic E-state index is 13.5. The van der Waals surface area contributed by atoms with Crippen molar-refractivity contribution in [1.82, 2.24) is 25.1 Å². The number of hydrogen-bond donors (Lipinski definition) is 2. The molecule has 2 aliphatic rings. The van der Waals surface area contributed by atoms with Crippen LogP contribution in [-0.4, -0.2) is 71.4 Å². The number of likely N-dealkylation sites (tertiary alicyclic amines) is 1. The Hall–Kier alpha value is -2.88. The van der Waals surface area contributed by atoms with E-state index in [1.54, 1.807) is 4.90 Å². The molecule has 5 rings (SSSR count). The molecule has 1 aromatic carbocycles. The highest BCUT2D eigenvalue weighted by atomic mass is 32.1. The van der Waals surface area contributed by atoms with E-state index in [2.05, 4.69) is 37.1 Å². The highest BCUT2D eigenvalue weighted by Gasteiger charge is 2.31. The summed E-state index contributed by atoms with van der Waals surface area (Å²) in [5.41, 5.74) is 10.9. The molecule has 1 saturated heterocycles. The first-order valence-corrected chi connectivity index (χ1v) is 14.7. The number of aryl methyl sites for hydroxylation is 1. The quantitative estimate of drug-likeness (QED) is 0.462. The highest BCUT2D eigenvalue weighted by molar-refractivity contribution is 7.19. The second-order valence-electron chi connectivity index (χ2n) is 12.5. The topological polar surface area (TPSA) is 104 Å². The van der Waals surface area contributed by atoms with E-state index in [4.69, 9.17) is 15.7 Å². The van der Waals surface area contributed by atoms with Crippen molar-refractivity contribution in [3.8, 4) is 0 Å². The smallest absolute Gasteiger partial charge is 0.280 e. The Morgan fingerprint density at radius 2 is 1.97 bits per heavy atom. The molecule has 208 valence electrons. The summed E-state index contributed by atoms with van der Waals surface area (Å²) in [6, 6.07) is 9.51. The van der Waals surface area contributed by atoms with Crippen LogP contribution in [0.4, 0.5) is 0 Å². The van der Waals surface area contributed by atoms with Crippen LogP contribution >= 0.6 is 11.3 Å². The summed E-state index contributed by atoms with van der Waals surface area (Å²) < 4.78 is 0. The van der Waals surface area contributed by atoms with Crippen molar-refractivity contribution < 1.29 is 9.59 Å². The third-order valence-corrected chi connectivity index (χ3v) is 9.03. The van der Waals surface area contributed by atoms with E-state index >= 15 is 0 Å². The third kappa shape index (κ3) is 6.15. The zero-order chi connectivity index (χ0) is 27.9. The number of fused-ring (bicyclic) bond motifs is 2. The highest BCUT2D eigenvalue weighted by Crippen LogP contribution is 2.38. The van der Waals surface area contributed by atoms with E-state index < -0.39 is 0 Å². The molecular weight excluding hydrogens is 508 g/mol. The molecule has 1 aliphatic heterocycles. The molecule has 1 fully saturated rings. The van der Waals surface area contributed by atoms with Gasteiger partial charge in [-0.15, -0.1) is 0 Å². The van der Waals surface area contributed by atoms with Gasteiger partial charge in [0.25, 0.3) is 11.8 Å². The van der Waals surface area contributed by atoms with Crippen LogP contribution in [0.3, 0.4) is 0 Å². The number of carbonyl (C=O) groups is 2. The van der Waals surface area contributed by atoms with Gasteiger partial charge in [-0.3, -0.25) is 9.59 Å². The maximum Gasteiger partial charge on any atom is 0.280 e. The summed E-state index contributed by atoms with van der Waals surface area (Å²) in [5, 5.41) is 3.62. The molecule has 0 spiro atoms. The van der Waals surface area contributed by atoms with Crippen molar-refractivity contribution in [3.63, 3.8) is 0 Å². The van der Waals surface area contributed by atoms with Gasteiger partial charge in [0, 0.05) is 30.4 Å².